The summed E-state index contributed by atoms with van der Waals surface area (Å²) >= 11 is 0. The Balaban J connectivity index is 1.62. The van der Waals surface area contributed by atoms with E-state index >= 15 is 0 Å². The van der Waals surface area contributed by atoms with Gasteiger partial charge in [0.2, 0.25) is 0 Å². The molecular formula is C16H11N5O2. The standard InChI is InChI=1S/C16H11N5O2/c22-13(12-9-18-14-11(12)7-4-8-17-14)15-20-21-16(23-15)19-10-5-2-1-3-6-10/h1-9H,(H,17,18)(H,19,21). The van der Waals surface area contributed by atoms with Crippen LogP contribution in [0.5, 0.6) is 0 Å². The van der Waals surface area contributed by atoms with E-state index in [4.69, 9.17) is 4.42 Å². The molecule has 7 nitrogen and oxygen atoms in total. The molecule has 112 valence electrons. The number of carbonyl (C=O) groups is 1. The highest BCUT2D eigenvalue weighted by molar-refractivity contribution is 6.13. The first-order valence-electron chi connectivity index (χ1n) is 6.93. The van der Waals surface area contributed by atoms with Crippen LogP contribution in [0.25, 0.3) is 11.0 Å². The summed E-state index contributed by atoms with van der Waals surface area (Å²) in [4.78, 5) is 19.6. The van der Waals surface area contributed by atoms with Crippen molar-refractivity contribution in [3.05, 3.63) is 66.3 Å². The predicted octanol–water partition coefficient (Wildman–Crippen LogP) is 2.92. The summed E-state index contributed by atoms with van der Waals surface area (Å²) in [5.41, 5.74) is 1.88. The molecule has 23 heavy (non-hydrogen) atoms. The zero-order valence-corrected chi connectivity index (χ0v) is 11.9. The molecule has 0 unspecified atom stereocenters. The predicted molar refractivity (Wildman–Crippen MR) is 83.5 cm³/mol. The molecule has 3 heterocycles. The van der Waals surface area contributed by atoms with Gasteiger partial charge in [0, 0.05) is 23.5 Å². The number of benzene rings is 1. The van der Waals surface area contributed by atoms with Gasteiger partial charge in [0.25, 0.3) is 11.7 Å². The van der Waals surface area contributed by atoms with Crippen molar-refractivity contribution in [3.8, 4) is 0 Å². The molecule has 0 bridgehead atoms. The van der Waals surface area contributed by atoms with Crippen LogP contribution < -0.4 is 5.32 Å². The van der Waals surface area contributed by atoms with E-state index in [0.29, 0.717) is 16.6 Å². The summed E-state index contributed by atoms with van der Waals surface area (Å²) in [5, 5.41) is 11.3. The Bertz CT molecular complexity index is 974. The first kappa shape index (κ1) is 13.2. The van der Waals surface area contributed by atoms with Crippen LogP contribution in [0.1, 0.15) is 16.2 Å². The molecule has 0 saturated heterocycles. The Morgan fingerprint density at radius 2 is 1.96 bits per heavy atom. The van der Waals surface area contributed by atoms with Crippen molar-refractivity contribution in [1.29, 1.82) is 0 Å². The van der Waals surface area contributed by atoms with E-state index in [9.17, 15) is 4.79 Å². The summed E-state index contributed by atoms with van der Waals surface area (Å²) in [5.74, 6) is -0.425. The number of anilines is 2. The Morgan fingerprint density at radius 3 is 2.83 bits per heavy atom. The first-order chi connectivity index (χ1) is 11.3. The maximum atomic E-state index is 12.5. The topological polar surface area (TPSA) is 96.7 Å². The number of nitrogens with one attached hydrogen (secondary N) is 2. The summed E-state index contributed by atoms with van der Waals surface area (Å²) in [6.45, 7) is 0. The number of ketones is 1. The van der Waals surface area contributed by atoms with Crippen LogP contribution in [0.2, 0.25) is 0 Å². The van der Waals surface area contributed by atoms with E-state index in [0.717, 1.165) is 5.69 Å². The average molecular weight is 305 g/mol. The number of H-pyrrole nitrogens is 1. The van der Waals surface area contributed by atoms with Crippen molar-refractivity contribution in [1.82, 2.24) is 20.2 Å². The minimum absolute atomic E-state index is 0.0758. The van der Waals surface area contributed by atoms with Gasteiger partial charge in [-0.15, -0.1) is 5.10 Å². The first-order valence-corrected chi connectivity index (χ1v) is 6.93. The highest BCUT2D eigenvalue weighted by Gasteiger charge is 2.20. The summed E-state index contributed by atoms with van der Waals surface area (Å²) < 4.78 is 5.40. The molecule has 0 spiro atoms. The van der Waals surface area contributed by atoms with Crippen molar-refractivity contribution in [2.45, 2.75) is 0 Å². The van der Waals surface area contributed by atoms with Crippen LogP contribution >= 0.6 is 0 Å². The second-order valence-electron chi connectivity index (χ2n) is 4.83. The number of aromatic nitrogens is 4. The highest BCUT2D eigenvalue weighted by atomic mass is 16.4. The second-order valence-corrected chi connectivity index (χ2v) is 4.83. The smallest absolute Gasteiger partial charge is 0.320 e. The molecule has 7 heteroatoms. The van der Waals surface area contributed by atoms with E-state index in [1.807, 2.05) is 36.4 Å². The van der Waals surface area contributed by atoms with Gasteiger partial charge in [-0.2, -0.15) is 0 Å². The van der Waals surface area contributed by atoms with E-state index < -0.39 is 0 Å². The number of para-hydroxylation sites is 1. The van der Waals surface area contributed by atoms with Crippen molar-refractivity contribution < 1.29 is 9.21 Å². The monoisotopic (exact) mass is 305 g/mol. The number of aromatic amines is 1. The van der Waals surface area contributed by atoms with Crippen molar-refractivity contribution >= 4 is 28.5 Å². The number of fused-ring (bicyclic) bond motifs is 1. The number of rotatable bonds is 4. The molecule has 0 aliphatic heterocycles. The summed E-state index contributed by atoms with van der Waals surface area (Å²) in [6, 6.07) is 13.1. The third-order valence-electron chi connectivity index (χ3n) is 3.34. The number of pyridine rings is 1. The summed E-state index contributed by atoms with van der Waals surface area (Å²) in [7, 11) is 0. The molecule has 4 rings (SSSR count). The Kier molecular flexibility index (Phi) is 3.09. The molecule has 0 radical (unpaired) electrons. The summed E-state index contributed by atoms with van der Waals surface area (Å²) in [6.07, 6.45) is 3.25. The minimum atomic E-state index is -0.349. The fourth-order valence-electron chi connectivity index (χ4n) is 2.27. The molecule has 1 aromatic carbocycles. The van der Waals surface area contributed by atoms with Crippen LogP contribution in [0.3, 0.4) is 0 Å². The molecule has 0 aliphatic rings. The number of nitrogens with zero attached hydrogens (tertiary/aromatic N) is 3. The van der Waals surface area contributed by atoms with Crippen molar-refractivity contribution in [2.75, 3.05) is 5.32 Å². The van der Waals surface area contributed by atoms with Crippen LogP contribution in [0.15, 0.2) is 59.3 Å². The lowest BCUT2D eigenvalue weighted by Gasteiger charge is -1.98. The number of carbonyl (C=O) groups excluding carboxylic acids is 1. The fraction of sp³-hybridized carbons (Fsp3) is 0. The third kappa shape index (κ3) is 2.44. The molecule has 3 aromatic heterocycles. The quantitative estimate of drug-likeness (QED) is 0.563. The van der Waals surface area contributed by atoms with E-state index in [1.54, 1.807) is 18.5 Å². The number of hydrogen-bond acceptors (Lipinski definition) is 6. The third-order valence-corrected chi connectivity index (χ3v) is 3.34. The average Bonchev–Trinajstić information content (AvgIpc) is 3.22. The van der Waals surface area contributed by atoms with Gasteiger partial charge in [-0.1, -0.05) is 23.3 Å². The minimum Gasteiger partial charge on any atom is -0.400 e. The lowest BCUT2D eigenvalue weighted by Crippen LogP contribution is -2.00. The van der Waals surface area contributed by atoms with Gasteiger partial charge >= 0.3 is 6.01 Å². The van der Waals surface area contributed by atoms with Gasteiger partial charge < -0.3 is 14.7 Å². The van der Waals surface area contributed by atoms with Gasteiger partial charge in [0.1, 0.15) is 5.65 Å². The molecule has 0 saturated carbocycles. The normalized spacial score (nSPS) is 10.8. The molecule has 4 aromatic rings. The zero-order valence-electron chi connectivity index (χ0n) is 11.9. The van der Waals surface area contributed by atoms with Gasteiger partial charge in [0.15, 0.2) is 0 Å². The Morgan fingerprint density at radius 1 is 1.09 bits per heavy atom. The molecular weight excluding hydrogens is 294 g/mol. The SMILES string of the molecule is O=C(c1nnc(Nc2ccccc2)o1)c1c[nH]c2ncccc12. The zero-order chi connectivity index (χ0) is 15.6. The van der Waals surface area contributed by atoms with Crippen LogP contribution in [-0.4, -0.2) is 25.9 Å². The molecule has 0 amide bonds. The lowest BCUT2D eigenvalue weighted by molar-refractivity contribution is 0.100. The van der Waals surface area contributed by atoms with Gasteiger partial charge in [-0.3, -0.25) is 4.79 Å². The van der Waals surface area contributed by atoms with Crippen LogP contribution in [-0.2, 0) is 0 Å². The van der Waals surface area contributed by atoms with E-state index in [1.165, 1.54) is 0 Å². The lowest BCUT2D eigenvalue weighted by atomic mass is 10.1. The molecule has 0 atom stereocenters. The molecule has 2 N–H and O–H groups in total. The molecule has 0 fully saturated rings. The van der Waals surface area contributed by atoms with E-state index in [-0.39, 0.29) is 17.7 Å². The van der Waals surface area contributed by atoms with E-state index in [2.05, 4.69) is 25.5 Å². The fourth-order valence-corrected chi connectivity index (χ4v) is 2.27. The van der Waals surface area contributed by atoms with Gasteiger partial charge in [-0.25, -0.2) is 4.98 Å². The highest BCUT2D eigenvalue weighted by Crippen LogP contribution is 2.20. The Hall–Kier alpha value is -3.48. The van der Waals surface area contributed by atoms with Crippen LogP contribution in [0, 0.1) is 0 Å². The van der Waals surface area contributed by atoms with Gasteiger partial charge in [0.05, 0.1) is 5.56 Å². The Labute approximate surface area is 130 Å². The van der Waals surface area contributed by atoms with Gasteiger partial charge in [-0.05, 0) is 24.3 Å². The maximum Gasteiger partial charge on any atom is 0.320 e. The van der Waals surface area contributed by atoms with Crippen molar-refractivity contribution in [2.24, 2.45) is 0 Å². The van der Waals surface area contributed by atoms with Crippen LogP contribution in [0.4, 0.5) is 11.7 Å². The molecule has 0 aliphatic carbocycles. The number of hydrogen-bond donors (Lipinski definition) is 2. The largest absolute Gasteiger partial charge is 0.400 e. The maximum absolute atomic E-state index is 12.5. The second kappa shape index (κ2) is 5.38. The van der Waals surface area contributed by atoms with Crippen molar-refractivity contribution in [3.63, 3.8) is 0 Å².